The molecule has 2 fully saturated rings. The maximum Gasteiger partial charge on any atom is 0.511 e. The zero-order valence-electron chi connectivity index (χ0n) is 20.0. The van der Waals surface area contributed by atoms with E-state index in [0.717, 1.165) is 0 Å². The van der Waals surface area contributed by atoms with Gasteiger partial charge in [0, 0.05) is 42.9 Å². The van der Waals surface area contributed by atoms with E-state index in [1.807, 2.05) is 6.92 Å². The highest BCUT2D eigenvalue weighted by atomic mass is 32.2. The van der Waals surface area contributed by atoms with Crippen LogP contribution in [0.4, 0.5) is 4.79 Å². The largest absolute Gasteiger partial charge is 0.511 e. The van der Waals surface area contributed by atoms with Crippen molar-refractivity contribution in [3.8, 4) is 0 Å². The number of nitrogens with one attached hydrogen (secondary N) is 1. The second-order valence-electron chi connectivity index (χ2n) is 8.80. The van der Waals surface area contributed by atoms with Crippen molar-refractivity contribution in [3.05, 3.63) is 10.6 Å². The average Bonchev–Trinajstić information content (AvgIpc) is 3.20. The van der Waals surface area contributed by atoms with Crippen molar-refractivity contribution in [1.29, 1.82) is 0 Å². The highest BCUT2D eigenvalue weighted by molar-refractivity contribution is 8.03. The Morgan fingerprint density at radius 2 is 1.74 bits per heavy atom. The average molecular weight is 499 g/mol. The second-order valence-corrected chi connectivity index (χ2v) is 10.1. The number of β-lactam (4-membered cyclic amide) rings is 1. The predicted octanol–water partition coefficient (Wildman–Crippen LogP) is 1.70. The molecule has 3 rings (SSSR count). The van der Waals surface area contributed by atoms with Crippen molar-refractivity contribution in [2.75, 3.05) is 6.54 Å². The number of esters is 2. The normalized spacial score (nSPS) is 27.6. The first-order valence-corrected chi connectivity index (χ1v) is 12.0. The van der Waals surface area contributed by atoms with Gasteiger partial charge in [0.05, 0.1) is 18.1 Å². The smallest absolute Gasteiger partial charge is 0.462 e. The highest BCUT2D eigenvalue weighted by Gasteiger charge is 2.61. The molecule has 6 atom stereocenters. The Bertz CT molecular complexity index is 918. The van der Waals surface area contributed by atoms with Crippen LogP contribution in [0.15, 0.2) is 10.6 Å². The molecule has 0 radical (unpaired) electrons. The van der Waals surface area contributed by atoms with Gasteiger partial charge in [0.25, 0.3) is 0 Å². The fraction of sp³-hybridized carbons (Fsp3) is 0.682. The lowest BCUT2D eigenvalue weighted by atomic mass is 9.79. The minimum atomic E-state index is -1.26. The number of rotatable bonds is 8. The van der Waals surface area contributed by atoms with Gasteiger partial charge in [-0.1, -0.05) is 6.92 Å². The van der Waals surface area contributed by atoms with E-state index in [2.05, 4.69) is 5.32 Å². The lowest BCUT2D eigenvalue weighted by Crippen LogP contribution is -2.64. The molecule has 2 amide bonds. The van der Waals surface area contributed by atoms with Gasteiger partial charge in [0.1, 0.15) is 11.8 Å². The van der Waals surface area contributed by atoms with Gasteiger partial charge in [-0.25, -0.2) is 9.59 Å². The summed E-state index contributed by atoms with van der Waals surface area (Å²) in [5.74, 6) is -2.64. The molecule has 12 heteroatoms. The number of thioether (sulfide) groups is 1. The molecule has 11 nitrogen and oxygen atoms in total. The summed E-state index contributed by atoms with van der Waals surface area (Å²) in [6.45, 7) is 9.90. The van der Waals surface area contributed by atoms with Crippen LogP contribution < -0.4 is 5.32 Å². The molecule has 0 aromatic rings. The molecule has 2 saturated heterocycles. The third kappa shape index (κ3) is 5.31. The number of nitrogens with zero attached hydrogens (tertiary/aromatic N) is 1. The fourth-order valence-electron chi connectivity index (χ4n) is 4.42. The topological polar surface area (TPSA) is 138 Å². The minimum absolute atomic E-state index is 0.0609. The van der Waals surface area contributed by atoms with E-state index in [4.69, 9.17) is 18.9 Å². The fourth-order valence-corrected chi connectivity index (χ4v) is 5.83. The summed E-state index contributed by atoms with van der Waals surface area (Å²) >= 11 is 1.35. The third-order valence-electron chi connectivity index (χ3n) is 5.74. The van der Waals surface area contributed by atoms with Gasteiger partial charge in [0.15, 0.2) is 0 Å². The molecule has 1 N–H and O–H groups in total. The number of amides is 2. The van der Waals surface area contributed by atoms with Crippen molar-refractivity contribution in [1.82, 2.24) is 10.2 Å². The van der Waals surface area contributed by atoms with E-state index in [0.29, 0.717) is 11.4 Å². The maximum atomic E-state index is 13.2. The van der Waals surface area contributed by atoms with Crippen LogP contribution in [0.5, 0.6) is 0 Å². The van der Waals surface area contributed by atoms with Crippen LogP contribution in [0.3, 0.4) is 0 Å². The first-order chi connectivity index (χ1) is 15.9. The molecule has 0 aliphatic carbocycles. The lowest BCUT2D eigenvalue weighted by Gasteiger charge is -2.47. The summed E-state index contributed by atoms with van der Waals surface area (Å²) in [6.07, 6.45) is -3.03. The van der Waals surface area contributed by atoms with Gasteiger partial charge >= 0.3 is 18.1 Å². The van der Waals surface area contributed by atoms with Crippen molar-refractivity contribution >= 4 is 41.7 Å². The summed E-state index contributed by atoms with van der Waals surface area (Å²) in [5, 5.41) is 2.65. The van der Waals surface area contributed by atoms with E-state index in [-0.39, 0.29) is 35.1 Å². The summed E-state index contributed by atoms with van der Waals surface area (Å²) in [6, 6.07) is -0.404. The van der Waals surface area contributed by atoms with Crippen molar-refractivity contribution in [3.63, 3.8) is 0 Å². The molecule has 0 bridgehead atoms. The Balaban J connectivity index is 1.81. The monoisotopic (exact) mass is 498 g/mol. The summed E-state index contributed by atoms with van der Waals surface area (Å²) in [7, 11) is 0. The molecular weight excluding hydrogens is 468 g/mol. The minimum Gasteiger partial charge on any atom is -0.462 e. The van der Waals surface area contributed by atoms with Crippen LogP contribution in [0.2, 0.25) is 0 Å². The molecule has 0 aromatic heterocycles. The maximum absolute atomic E-state index is 13.2. The van der Waals surface area contributed by atoms with Gasteiger partial charge in [-0.3, -0.25) is 14.4 Å². The predicted molar refractivity (Wildman–Crippen MR) is 119 cm³/mol. The molecule has 3 aliphatic heterocycles. The Morgan fingerprint density at radius 1 is 1.06 bits per heavy atom. The molecule has 1 unspecified atom stereocenters. The number of carbonyl (C=O) groups excluding carboxylic acids is 5. The van der Waals surface area contributed by atoms with Crippen LogP contribution in [-0.2, 0) is 38.1 Å². The molecule has 34 heavy (non-hydrogen) atoms. The molecular formula is C22H30N2O9S. The Morgan fingerprint density at radius 3 is 2.29 bits per heavy atom. The van der Waals surface area contributed by atoms with E-state index in [9.17, 15) is 24.0 Å². The SMILES string of the molecule is CC(=O)O[C@H](C)[C@H]1C(=O)N2C(C(=O)OC(C)OC(=O)OC(C)C)=C(S[C@H]3CNC(=O)C3)[C@H](C)[C@H]12. The van der Waals surface area contributed by atoms with E-state index in [1.54, 1.807) is 20.8 Å². The van der Waals surface area contributed by atoms with E-state index in [1.165, 1.54) is 30.5 Å². The lowest BCUT2D eigenvalue weighted by molar-refractivity contribution is -0.177. The van der Waals surface area contributed by atoms with E-state index < -0.39 is 48.6 Å². The number of hydrogen-bond acceptors (Lipinski definition) is 10. The van der Waals surface area contributed by atoms with Gasteiger partial charge in [-0.05, 0) is 20.8 Å². The molecule has 3 aliphatic rings. The first-order valence-electron chi connectivity index (χ1n) is 11.2. The molecule has 0 aromatic carbocycles. The van der Waals surface area contributed by atoms with Gasteiger partial charge in [-0.15, -0.1) is 11.8 Å². The van der Waals surface area contributed by atoms with Crippen LogP contribution in [-0.4, -0.2) is 71.1 Å². The van der Waals surface area contributed by atoms with Crippen molar-refractivity contribution in [2.45, 2.75) is 77.8 Å². The number of carbonyl (C=O) groups is 5. The number of fused-ring (bicyclic) bond motifs is 1. The van der Waals surface area contributed by atoms with E-state index >= 15 is 0 Å². The van der Waals surface area contributed by atoms with Gasteiger partial charge in [-0.2, -0.15) is 0 Å². The Kier molecular flexibility index (Phi) is 7.79. The van der Waals surface area contributed by atoms with Gasteiger partial charge < -0.3 is 29.2 Å². The van der Waals surface area contributed by atoms with Gasteiger partial charge in [0.2, 0.25) is 18.1 Å². The third-order valence-corrected chi connectivity index (χ3v) is 7.23. The number of ether oxygens (including phenoxy) is 4. The van der Waals surface area contributed by atoms with Crippen molar-refractivity contribution in [2.24, 2.45) is 11.8 Å². The highest BCUT2D eigenvalue weighted by Crippen LogP contribution is 2.52. The quantitative estimate of drug-likeness (QED) is 0.228. The molecule has 0 saturated carbocycles. The molecule has 0 spiro atoms. The van der Waals surface area contributed by atoms with Crippen LogP contribution in [0.1, 0.15) is 48.0 Å². The summed E-state index contributed by atoms with van der Waals surface area (Å²) in [4.78, 5) is 63.0. The summed E-state index contributed by atoms with van der Waals surface area (Å²) in [5.41, 5.74) is 0.0609. The summed E-state index contributed by atoms with van der Waals surface area (Å²) < 4.78 is 20.4. The standard InChI is InChI=1S/C22H30N2O9S/c1-9(2)30-22(29)33-13(6)32-21(28)18-19(34-14-7-15(26)23-8-14)10(3)17-16(20(27)24(17)18)11(4)31-12(5)25/h9-11,13-14,16-17H,7-8H2,1-6H3,(H,23,26)/t10-,11-,13?,14-,16-,17-/m1/s1. The number of hydrogen-bond donors (Lipinski definition) is 1. The second kappa shape index (κ2) is 10.2. The Labute approximate surface area is 201 Å². The van der Waals surface area contributed by atoms with Crippen molar-refractivity contribution < 1.29 is 42.9 Å². The first kappa shape index (κ1) is 25.9. The van der Waals surface area contributed by atoms with Crippen LogP contribution in [0, 0.1) is 11.8 Å². The molecule has 3 heterocycles. The zero-order chi connectivity index (χ0) is 25.3. The van der Waals surface area contributed by atoms with Crippen LogP contribution >= 0.6 is 11.8 Å². The van der Waals surface area contributed by atoms with Crippen LogP contribution in [0.25, 0.3) is 0 Å². The Hall–Kier alpha value is -2.76. The molecule has 188 valence electrons. The zero-order valence-corrected chi connectivity index (χ0v) is 20.8.